The van der Waals surface area contributed by atoms with Crippen LogP contribution in [0.5, 0.6) is 5.75 Å². The number of hydrogen-bond acceptors (Lipinski definition) is 3. The fourth-order valence-electron chi connectivity index (χ4n) is 3.11. The van der Waals surface area contributed by atoms with Crippen LogP contribution in [-0.4, -0.2) is 24.6 Å². The second-order valence-electron chi connectivity index (χ2n) is 5.58. The highest BCUT2D eigenvalue weighted by atomic mass is 16.5. The van der Waals surface area contributed by atoms with Crippen molar-refractivity contribution >= 4 is 0 Å². The van der Waals surface area contributed by atoms with Gasteiger partial charge in [0.05, 0.1) is 7.11 Å². The quantitative estimate of drug-likeness (QED) is 0.936. The van der Waals surface area contributed by atoms with Crippen molar-refractivity contribution in [2.75, 3.05) is 13.7 Å². The van der Waals surface area contributed by atoms with Gasteiger partial charge in [-0.1, -0.05) is 42.5 Å². The first-order valence-corrected chi connectivity index (χ1v) is 7.44. The fraction of sp³-hybridized carbons (Fsp3) is 0.333. The van der Waals surface area contributed by atoms with Gasteiger partial charge in [-0.25, -0.2) is 0 Å². The topological polar surface area (TPSA) is 38.5 Å². The number of ether oxygens (including phenoxy) is 1. The van der Waals surface area contributed by atoms with E-state index in [2.05, 4.69) is 41.3 Å². The van der Waals surface area contributed by atoms with Gasteiger partial charge in [0.2, 0.25) is 0 Å². The molecule has 2 aromatic carbocycles. The first-order chi connectivity index (χ1) is 10.3. The van der Waals surface area contributed by atoms with Crippen LogP contribution < -0.4 is 10.5 Å². The molecular weight excluding hydrogens is 260 g/mol. The molecule has 2 aromatic rings. The first-order valence-electron chi connectivity index (χ1n) is 7.44. The summed E-state index contributed by atoms with van der Waals surface area (Å²) in [4.78, 5) is 2.46. The van der Waals surface area contributed by atoms with E-state index < -0.39 is 0 Å². The van der Waals surface area contributed by atoms with Gasteiger partial charge in [0, 0.05) is 31.2 Å². The predicted octanol–water partition coefficient (Wildman–Crippen LogP) is 2.58. The predicted molar refractivity (Wildman–Crippen MR) is 85.2 cm³/mol. The molecule has 0 spiro atoms. The Morgan fingerprint density at radius 3 is 2.57 bits per heavy atom. The van der Waals surface area contributed by atoms with E-state index >= 15 is 0 Å². The zero-order valence-electron chi connectivity index (χ0n) is 12.5. The lowest BCUT2D eigenvalue weighted by Gasteiger charge is -2.36. The zero-order valence-corrected chi connectivity index (χ0v) is 12.5. The molecule has 0 amide bonds. The molecule has 0 aromatic heterocycles. The maximum atomic E-state index is 6.00. The van der Waals surface area contributed by atoms with Gasteiger partial charge >= 0.3 is 0 Å². The van der Waals surface area contributed by atoms with E-state index in [9.17, 15) is 0 Å². The molecule has 1 aliphatic heterocycles. The molecular formula is C18H22N2O. The summed E-state index contributed by atoms with van der Waals surface area (Å²) < 4.78 is 5.47. The Hall–Kier alpha value is -1.84. The maximum Gasteiger partial charge on any atom is 0.123 e. The summed E-state index contributed by atoms with van der Waals surface area (Å²) in [5.41, 5.74) is 10.1. The summed E-state index contributed by atoms with van der Waals surface area (Å²) in [5, 5.41) is 0. The van der Waals surface area contributed by atoms with E-state index in [0.29, 0.717) is 12.6 Å². The van der Waals surface area contributed by atoms with Crippen molar-refractivity contribution in [2.24, 2.45) is 5.73 Å². The summed E-state index contributed by atoms with van der Waals surface area (Å²) in [5.74, 6) is 0.951. The molecule has 1 unspecified atom stereocenters. The molecule has 2 N–H and O–H groups in total. The largest absolute Gasteiger partial charge is 0.496 e. The summed E-state index contributed by atoms with van der Waals surface area (Å²) in [6.07, 6.45) is 1.03. The van der Waals surface area contributed by atoms with Gasteiger partial charge in [-0.3, -0.25) is 4.90 Å². The van der Waals surface area contributed by atoms with Gasteiger partial charge in [0.15, 0.2) is 0 Å². The average molecular weight is 282 g/mol. The minimum absolute atomic E-state index is 0.393. The van der Waals surface area contributed by atoms with Gasteiger partial charge < -0.3 is 10.5 Å². The highest BCUT2D eigenvalue weighted by Crippen LogP contribution is 2.27. The highest BCUT2D eigenvalue weighted by Gasteiger charge is 2.25. The van der Waals surface area contributed by atoms with Crippen LogP contribution >= 0.6 is 0 Å². The van der Waals surface area contributed by atoms with Crippen molar-refractivity contribution in [3.8, 4) is 5.75 Å². The Bertz CT molecular complexity index is 612. The minimum Gasteiger partial charge on any atom is -0.496 e. The number of methoxy groups -OCH3 is 1. The Morgan fingerprint density at radius 2 is 1.81 bits per heavy atom. The van der Waals surface area contributed by atoms with Gasteiger partial charge in [0.25, 0.3) is 0 Å². The Balaban J connectivity index is 1.84. The van der Waals surface area contributed by atoms with Crippen LogP contribution in [0.2, 0.25) is 0 Å². The second-order valence-corrected chi connectivity index (χ2v) is 5.58. The standard InChI is InChI=1S/C18H22N2O/c1-21-18-9-5-4-8-16(18)13-20-12-15-7-3-2-6-14(15)10-17(20)11-19/h2-9,17H,10-13,19H2,1H3. The van der Waals surface area contributed by atoms with Crippen molar-refractivity contribution in [1.29, 1.82) is 0 Å². The minimum atomic E-state index is 0.393. The highest BCUT2D eigenvalue weighted by molar-refractivity contribution is 5.34. The van der Waals surface area contributed by atoms with Crippen molar-refractivity contribution in [3.05, 3.63) is 65.2 Å². The van der Waals surface area contributed by atoms with Crippen LogP contribution in [0.15, 0.2) is 48.5 Å². The van der Waals surface area contributed by atoms with E-state index in [0.717, 1.165) is 25.3 Å². The van der Waals surface area contributed by atoms with Crippen LogP contribution in [0.4, 0.5) is 0 Å². The Labute approximate surface area is 126 Å². The molecule has 0 saturated carbocycles. The van der Waals surface area contributed by atoms with Crippen LogP contribution in [-0.2, 0) is 19.5 Å². The normalized spacial score (nSPS) is 18.3. The number of hydrogen-bond donors (Lipinski definition) is 1. The molecule has 0 saturated heterocycles. The molecule has 1 aliphatic rings. The van der Waals surface area contributed by atoms with E-state index in [1.807, 2.05) is 12.1 Å². The summed E-state index contributed by atoms with van der Waals surface area (Å²) >= 11 is 0. The van der Waals surface area contributed by atoms with Gasteiger partial charge in [-0.15, -0.1) is 0 Å². The molecule has 0 bridgehead atoms. The number of nitrogens with zero attached hydrogens (tertiary/aromatic N) is 1. The lowest BCUT2D eigenvalue weighted by Crippen LogP contribution is -2.44. The third-order valence-electron chi connectivity index (χ3n) is 4.30. The van der Waals surface area contributed by atoms with E-state index in [4.69, 9.17) is 10.5 Å². The molecule has 0 aliphatic carbocycles. The van der Waals surface area contributed by atoms with E-state index in [-0.39, 0.29) is 0 Å². The van der Waals surface area contributed by atoms with Crippen LogP contribution in [0, 0.1) is 0 Å². The molecule has 3 heteroatoms. The maximum absolute atomic E-state index is 6.00. The molecule has 3 nitrogen and oxygen atoms in total. The second kappa shape index (κ2) is 6.29. The van der Waals surface area contributed by atoms with Crippen molar-refractivity contribution < 1.29 is 4.74 Å². The molecule has 3 rings (SSSR count). The van der Waals surface area contributed by atoms with E-state index in [1.165, 1.54) is 16.7 Å². The molecule has 110 valence electrons. The SMILES string of the molecule is COc1ccccc1CN1Cc2ccccc2CC1CN. The number of para-hydroxylation sites is 1. The number of benzene rings is 2. The average Bonchev–Trinajstić information content (AvgIpc) is 2.54. The first kappa shape index (κ1) is 14.1. The van der Waals surface area contributed by atoms with Gasteiger partial charge in [-0.2, -0.15) is 0 Å². The molecule has 0 fully saturated rings. The number of nitrogens with two attached hydrogens (primary N) is 1. The molecule has 1 heterocycles. The fourth-order valence-corrected chi connectivity index (χ4v) is 3.11. The Kier molecular flexibility index (Phi) is 4.23. The van der Waals surface area contributed by atoms with Gasteiger partial charge in [0.1, 0.15) is 5.75 Å². The smallest absolute Gasteiger partial charge is 0.123 e. The van der Waals surface area contributed by atoms with Crippen molar-refractivity contribution in [3.63, 3.8) is 0 Å². The number of fused-ring (bicyclic) bond motifs is 1. The molecule has 21 heavy (non-hydrogen) atoms. The summed E-state index contributed by atoms with van der Waals surface area (Å²) in [6, 6.07) is 17.3. The lowest BCUT2D eigenvalue weighted by molar-refractivity contribution is 0.165. The molecule has 1 atom stereocenters. The summed E-state index contributed by atoms with van der Waals surface area (Å²) in [6.45, 7) is 2.51. The van der Waals surface area contributed by atoms with Crippen molar-refractivity contribution in [2.45, 2.75) is 25.6 Å². The lowest BCUT2D eigenvalue weighted by atomic mass is 9.93. The van der Waals surface area contributed by atoms with Crippen molar-refractivity contribution in [1.82, 2.24) is 4.90 Å². The van der Waals surface area contributed by atoms with Crippen LogP contribution in [0.3, 0.4) is 0 Å². The zero-order chi connectivity index (χ0) is 14.7. The van der Waals surface area contributed by atoms with Gasteiger partial charge in [-0.05, 0) is 23.6 Å². The van der Waals surface area contributed by atoms with E-state index in [1.54, 1.807) is 7.11 Å². The van der Waals surface area contributed by atoms with Crippen LogP contribution in [0.25, 0.3) is 0 Å². The number of rotatable bonds is 4. The molecule has 0 radical (unpaired) electrons. The third-order valence-corrected chi connectivity index (χ3v) is 4.30. The summed E-state index contributed by atoms with van der Waals surface area (Å²) in [7, 11) is 1.73. The third kappa shape index (κ3) is 2.94. The Morgan fingerprint density at radius 1 is 1.10 bits per heavy atom. The van der Waals surface area contributed by atoms with Crippen LogP contribution in [0.1, 0.15) is 16.7 Å². The monoisotopic (exact) mass is 282 g/mol.